The van der Waals surface area contributed by atoms with Crippen LogP contribution in [0.3, 0.4) is 0 Å². The first-order chi connectivity index (χ1) is 12.5. The monoisotopic (exact) mass is 355 g/mol. The topological polar surface area (TPSA) is 76.1 Å². The number of methoxy groups -OCH3 is 1. The van der Waals surface area contributed by atoms with Crippen LogP contribution in [0.1, 0.15) is 17.0 Å². The molecule has 0 bridgehead atoms. The minimum Gasteiger partial charge on any atom is -0.480 e. The molecule has 0 saturated heterocycles. The molecule has 26 heavy (non-hydrogen) atoms. The van der Waals surface area contributed by atoms with Gasteiger partial charge in [0.2, 0.25) is 0 Å². The van der Waals surface area contributed by atoms with Crippen molar-refractivity contribution < 1.29 is 24.2 Å². The standard InChI is InChI=1S/C20H21NO5/c1-21(18(12-25-2)19(22)23)20(24)26-11-17-15-9-5-3-7-13(15)14-8-4-6-10-16(14)17/h3-10,17-18H,11-12H2,1-2H3,(H,22,23). The van der Waals surface area contributed by atoms with Crippen LogP contribution in [0.5, 0.6) is 0 Å². The molecule has 136 valence electrons. The molecular weight excluding hydrogens is 334 g/mol. The van der Waals surface area contributed by atoms with Crippen molar-refractivity contribution in [2.45, 2.75) is 12.0 Å². The molecule has 0 spiro atoms. The molecule has 1 atom stereocenters. The Morgan fingerprint density at radius 2 is 1.62 bits per heavy atom. The minimum absolute atomic E-state index is 0.0644. The Labute approximate surface area is 152 Å². The van der Waals surface area contributed by atoms with Gasteiger partial charge >= 0.3 is 12.1 Å². The summed E-state index contributed by atoms with van der Waals surface area (Å²) in [5.41, 5.74) is 4.49. The number of carbonyl (C=O) groups is 2. The number of likely N-dealkylation sites (N-methyl/N-ethyl adjacent to an activating group) is 1. The van der Waals surface area contributed by atoms with Gasteiger partial charge in [0, 0.05) is 20.1 Å². The smallest absolute Gasteiger partial charge is 0.410 e. The second-order valence-corrected chi connectivity index (χ2v) is 6.22. The molecule has 0 aromatic heterocycles. The predicted octanol–water partition coefficient (Wildman–Crippen LogP) is 2.97. The predicted molar refractivity (Wildman–Crippen MR) is 96.1 cm³/mol. The lowest BCUT2D eigenvalue weighted by Crippen LogP contribution is -2.45. The molecule has 0 fully saturated rings. The van der Waals surface area contributed by atoms with Crippen molar-refractivity contribution in [2.24, 2.45) is 0 Å². The van der Waals surface area contributed by atoms with E-state index in [1.807, 2.05) is 36.4 Å². The molecule has 6 heteroatoms. The van der Waals surface area contributed by atoms with E-state index in [-0.39, 0.29) is 19.1 Å². The van der Waals surface area contributed by atoms with Crippen molar-refractivity contribution in [3.8, 4) is 11.1 Å². The van der Waals surface area contributed by atoms with Gasteiger partial charge in [0.05, 0.1) is 6.61 Å². The molecule has 3 rings (SSSR count). The lowest BCUT2D eigenvalue weighted by atomic mass is 9.98. The lowest BCUT2D eigenvalue weighted by Gasteiger charge is -2.24. The summed E-state index contributed by atoms with van der Waals surface area (Å²) in [5, 5.41) is 9.23. The van der Waals surface area contributed by atoms with Gasteiger partial charge in [0.15, 0.2) is 6.04 Å². The summed E-state index contributed by atoms with van der Waals surface area (Å²) < 4.78 is 10.3. The fourth-order valence-electron chi connectivity index (χ4n) is 3.33. The molecule has 1 amide bonds. The van der Waals surface area contributed by atoms with Gasteiger partial charge in [-0.15, -0.1) is 0 Å². The molecule has 6 nitrogen and oxygen atoms in total. The van der Waals surface area contributed by atoms with Crippen LogP contribution in [0.25, 0.3) is 11.1 Å². The number of carboxylic acid groups (broad SMARTS) is 1. The Bertz CT molecular complexity index is 774. The van der Waals surface area contributed by atoms with E-state index in [1.165, 1.54) is 14.2 Å². The third kappa shape index (κ3) is 3.28. The average molecular weight is 355 g/mol. The van der Waals surface area contributed by atoms with Crippen LogP contribution in [0.2, 0.25) is 0 Å². The van der Waals surface area contributed by atoms with Gasteiger partial charge in [-0.3, -0.25) is 4.90 Å². The molecule has 0 saturated carbocycles. The van der Waals surface area contributed by atoms with E-state index in [1.54, 1.807) is 0 Å². The van der Waals surface area contributed by atoms with Crippen molar-refractivity contribution in [1.82, 2.24) is 4.90 Å². The molecule has 1 aliphatic rings. The second-order valence-electron chi connectivity index (χ2n) is 6.22. The van der Waals surface area contributed by atoms with Crippen molar-refractivity contribution in [3.63, 3.8) is 0 Å². The lowest BCUT2D eigenvalue weighted by molar-refractivity contribution is -0.144. The van der Waals surface area contributed by atoms with E-state index < -0.39 is 18.1 Å². The van der Waals surface area contributed by atoms with Crippen molar-refractivity contribution in [3.05, 3.63) is 59.7 Å². The number of amides is 1. The van der Waals surface area contributed by atoms with Crippen LogP contribution in [0, 0.1) is 0 Å². The van der Waals surface area contributed by atoms with E-state index in [2.05, 4.69) is 12.1 Å². The Morgan fingerprint density at radius 3 is 2.12 bits per heavy atom. The largest absolute Gasteiger partial charge is 0.480 e. The molecule has 0 heterocycles. The van der Waals surface area contributed by atoms with Crippen molar-refractivity contribution in [2.75, 3.05) is 27.4 Å². The van der Waals surface area contributed by atoms with Crippen LogP contribution < -0.4 is 0 Å². The number of carbonyl (C=O) groups excluding carboxylic acids is 1. The van der Waals surface area contributed by atoms with E-state index in [4.69, 9.17) is 9.47 Å². The number of benzene rings is 2. The molecule has 1 N–H and O–H groups in total. The highest BCUT2D eigenvalue weighted by atomic mass is 16.6. The summed E-state index contributed by atoms with van der Waals surface area (Å²) >= 11 is 0. The van der Waals surface area contributed by atoms with Crippen molar-refractivity contribution >= 4 is 12.1 Å². The van der Waals surface area contributed by atoms with E-state index in [0.717, 1.165) is 27.2 Å². The van der Waals surface area contributed by atoms with Crippen LogP contribution >= 0.6 is 0 Å². The quantitative estimate of drug-likeness (QED) is 0.862. The average Bonchev–Trinajstić information content (AvgIpc) is 2.97. The number of ether oxygens (including phenoxy) is 2. The molecule has 0 radical (unpaired) electrons. The van der Waals surface area contributed by atoms with Crippen LogP contribution in [-0.4, -0.2) is 55.5 Å². The highest BCUT2D eigenvalue weighted by molar-refractivity contribution is 5.81. The van der Waals surface area contributed by atoms with Crippen molar-refractivity contribution in [1.29, 1.82) is 0 Å². The summed E-state index contributed by atoms with van der Waals surface area (Å²) in [7, 11) is 2.79. The Balaban J connectivity index is 1.75. The number of aliphatic carboxylic acids is 1. The Hall–Kier alpha value is -2.86. The van der Waals surface area contributed by atoms with Crippen LogP contribution in [-0.2, 0) is 14.3 Å². The molecule has 1 aliphatic carbocycles. The summed E-state index contributed by atoms with van der Waals surface area (Å²) in [6.45, 7) is 0.0482. The van der Waals surface area contributed by atoms with Gasteiger partial charge in [0.25, 0.3) is 0 Å². The summed E-state index contributed by atoms with van der Waals surface area (Å²) in [4.78, 5) is 24.7. The number of rotatable bonds is 6. The zero-order valence-electron chi connectivity index (χ0n) is 14.7. The molecule has 1 unspecified atom stereocenters. The maximum atomic E-state index is 12.3. The molecule has 2 aromatic carbocycles. The first-order valence-corrected chi connectivity index (χ1v) is 8.34. The zero-order valence-corrected chi connectivity index (χ0v) is 14.7. The fourth-order valence-corrected chi connectivity index (χ4v) is 3.33. The third-order valence-corrected chi connectivity index (χ3v) is 4.70. The zero-order chi connectivity index (χ0) is 18.7. The van der Waals surface area contributed by atoms with Gasteiger partial charge in [0.1, 0.15) is 6.61 Å². The molecule has 0 aliphatic heterocycles. The van der Waals surface area contributed by atoms with Crippen LogP contribution in [0.4, 0.5) is 4.79 Å². The van der Waals surface area contributed by atoms with Gasteiger partial charge in [-0.25, -0.2) is 9.59 Å². The second kappa shape index (κ2) is 7.58. The van der Waals surface area contributed by atoms with Gasteiger partial charge in [-0.2, -0.15) is 0 Å². The minimum atomic E-state index is -1.14. The molecule has 2 aromatic rings. The Kier molecular flexibility index (Phi) is 5.23. The van der Waals surface area contributed by atoms with E-state index in [0.29, 0.717) is 0 Å². The number of carboxylic acids is 1. The molecular formula is C20H21NO5. The van der Waals surface area contributed by atoms with Gasteiger partial charge in [-0.1, -0.05) is 48.5 Å². The SMILES string of the molecule is COCC(C(=O)O)N(C)C(=O)OCC1c2ccccc2-c2ccccc21. The maximum absolute atomic E-state index is 12.3. The maximum Gasteiger partial charge on any atom is 0.410 e. The van der Waals surface area contributed by atoms with Crippen LogP contribution in [0.15, 0.2) is 48.5 Å². The van der Waals surface area contributed by atoms with Gasteiger partial charge in [-0.05, 0) is 22.3 Å². The highest BCUT2D eigenvalue weighted by Crippen LogP contribution is 2.44. The van der Waals surface area contributed by atoms with E-state index >= 15 is 0 Å². The highest BCUT2D eigenvalue weighted by Gasteiger charge is 2.31. The summed E-state index contributed by atoms with van der Waals surface area (Å²) in [6, 6.07) is 15.0. The first kappa shape index (κ1) is 17.9. The number of fused-ring (bicyclic) bond motifs is 3. The summed E-state index contributed by atoms with van der Waals surface area (Å²) in [5.74, 6) is -1.20. The summed E-state index contributed by atoms with van der Waals surface area (Å²) in [6.07, 6.45) is -0.684. The van der Waals surface area contributed by atoms with Gasteiger partial charge < -0.3 is 14.6 Å². The number of hydrogen-bond donors (Lipinski definition) is 1. The fraction of sp³-hybridized carbons (Fsp3) is 0.300. The van der Waals surface area contributed by atoms with E-state index in [9.17, 15) is 14.7 Å². The third-order valence-electron chi connectivity index (χ3n) is 4.70. The number of nitrogens with zero attached hydrogens (tertiary/aromatic N) is 1. The number of hydrogen-bond acceptors (Lipinski definition) is 4. The first-order valence-electron chi connectivity index (χ1n) is 8.34. The Morgan fingerprint density at radius 1 is 1.08 bits per heavy atom. The normalized spacial score (nSPS) is 13.6.